The summed E-state index contributed by atoms with van der Waals surface area (Å²) in [4.78, 5) is 221. The lowest BCUT2D eigenvalue weighted by Gasteiger charge is -2.30. The smallest absolute Gasteiger partial charge is 0.370 e. The molecule has 105 heavy (non-hydrogen) atoms. The molecular weight excluding hydrogens is 1410 g/mol. The van der Waals surface area contributed by atoms with Gasteiger partial charge in [-0.1, -0.05) is 105 Å². The van der Waals surface area contributed by atoms with Crippen molar-refractivity contribution in [3.8, 4) is 0 Å². The molecule has 4 heterocycles. The highest BCUT2D eigenvalue weighted by Crippen LogP contribution is 2.25. The van der Waals surface area contributed by atoms with Crippen molar-refractivity contribution in [1.29, 1.82) is 0 Å². The standard InChI is InChI=1S/C66H101N17O20S2/c1-9-35(6)52(69)66-81-48(32-104-66)63(95)76-43(26-34(4)5)59(91)74-42-22-23-50(85)100-102-105(98,99)103-101-51(86)30-47-62(94)78-46(29-49(68)84)55(87)71-25-16-15-20-40(75-64(96)53(36(7)10-2)83-58(42)90)56(88)73-41(21-17-24-67)57(89)82-54(37(8)11-3)65(97)80-44(27-38-18-13-12-14-19-38)60(92)77-45(61(93)79-47)28-39-31-70-33-72-39/h12-14,18-19,31,33-37,40-48,52-54H,9-11,15-17,20-30,32,67,69H2,1-8H3,(H2,68,84)(H,70,72)(H,71,87)(H,73,88)(H,74,91)(H,75,96)(H,76,95)(H,77,92)(H,78,94)(H,79,93)(H,80,97)(H,82,89)(H,83,90)/t35-,36-,37-,40-,41+,42+,43-,44+,45-,46-,47+,48-,52-,53-,54+/m0/s1. The van der Waals surface area contributed by atoms with Crippen molar-refractivity contribution in [3.63, 3.8) is 0 Å². The van der Waals surface area contributed by atoms with E-state index in [4.69, 9.17) is 17.2 Å². The van der Waals surface area contributed by atoms with E-state index in [-0.39, 0.29) is 94.2 Å². The van der Waals surface area contributed by atoms with Crippen LogP contribution in [0.25, 0.3) is 0 Å². The van der Waals surface area contributed by atoms with Gasteiger partial charge in [-0.2, -0.15) is 8.42 Å². The molecule has 1 aromatic heterocycles. The molecule has 39 heteroatoms. The van der Waals surface area contributed by atoms with Gasteiger partial charge in [0.05, 0.1) is 36.7 Å². The summed E-state index contributed by atoms with van der Waals surface area (Å²) in [6, 6.07) is -9.94. The quantitative estimate of drug-likeness (QED) is 0.0536. The molecule has 2 fully saturated rings. The van der Waals surface area contributed by atoms with Gasteiger partial charge >= 0.3 is 22.3 Å². The number of carbonyl (C=O) groups is 14. The normalized spacial score (nSPS) is 25.9. The van der Waals surface area contributed by atoms with Gasteiger partial charge in [0, 0.05) is 37.0 Å². The van der Waals surface area contributed by atoms with Crippen LogP contribution < -0.4 is 75.7 Å². The molecule has 12 amide bonds. The summed E-state index contributed by atoms with van der Waals surface area (Å²) in [5, 5.41) is 28.8. The van der Waals surface area contributed by atoms with E-state index in [1.807, 2.05) is 13.8 Å². The number of nitrogens with zero attached hydrogens (tertiary/aromatic N) is 2. The number of amides is 12. The van der Waals surface area contributed by atoms with Crippen molar-refractivity contribution in [1.82, 2.24) is 68.5 Å². The zero-order chi connectivity index (χ0) is 77.7. The molecular formula is C66H101N17O20S2. The highest BCUT2D eigenvalue weighted by Gasteiger charge is 2.41. The monoisotopic (exact) mass is 1520 g/mol. The molecule has 15 atom stereocenters. The molecule has 2 bridgehead atoms. The first-order valence-corrected chi connectivity index (χ1v) is 37.4. The van der Waals surface area contributed by atoms with E-state index in [1.54, 1.807) is 71.9 Å². The minimum atomic E-state index is -5.77. The molecule has 2 saturated heterocycles. The van der Waals surface area contributed by atoms with Crippen LogP contribution in [0, 0.1) is 23.7 Å². The summed E-state index contributed by atoms with van der Waals surface area (Å²) in [7, 11) is -5.77. The second-order valence-corrected chi connectivity index (χ2v) is 28.8. The second kappa shape index (κ2) is 42.7. The third kappa shape index (κ3) is 28.3. The van der Waals surface area contributed by atoms with Crippen LogP contribution in [0.4, 0.5) is 0 Å². The van der Waals surface area contributed by atoms with Crippen LogP contribution in [0.2, 0.25) is 0 Å². The number of H-pyrrole nitrogens is 1. The largest absolute Gasteiger partial charge is 0.471 e. The van der Waals surface area contributed by atoms with E-state index in [0.29, 0.717) is 10.6 Å². The number of aliphatic imine (C=N–C) groups is 1. The van der Waals surface area contributed by atoms with Crippen LogP contribution in [0.1, 0.15) is 150 Å². The zero-order valence-corrected chi connectivity index (χ0v) is 61.7. The van der Waals surface area contributed by atoms with Crippen molar-refractivity contribution in [2.75, 3.05) is 18.8 Å². The summed E-state index contributed by atoms with van der Waals surface area (Å²) in [5.74, 6) is -17.3. The number of primary amides is 1. The Labute approximate surface area is 612 Å². The van der Waals surface area contributed by atoms with E-state index >= 15 is 0 Å². The summed E-state index contributed by atoms with van der Waals surface area (Å²) in [6.45, 7) is 13.7. The summed E-state index contributed by atoms with van der Waals surface area (Å²) in [6.07, 6.45) is -1.44. The molecule has 582 valence electrons. The fourth-order valence-electron chi connectivity index (χ4n) is 11.1. The van der Waals surface area contributed by atoms with Gasteiger partial charge in [0.1, 0.15) is 66.5 Å². The van der Waals surface area contributed by atoms with Crippen molar-refractivity contribution >= 4 is 110 Å². The first-order valence-electron chi connectivity index (χ1n) is 35.1. The summed E-state index contributed by atoms with van der Waals surface area (Å²) < 4.78 is 34.6. The Morgan fingerprint density at radius 2 is 1.25 bits per heavy atom. The Morgan fingerprint density at radius 1 is 0.667 bits per heavy atom. The first-order chi connectivity index (χ1) is 49.8. The van der Waals surface area contributed by atoms with Gasteiger partial charge in [-0.3, -0.25) is 72.3 Å². The number of benzene rings is 1. The summed E-state index contributed by atoms with van der Waals surface area (Å²) >= 11 is 1.30. The number of hydrogen-bond acceptors (Lipinski definition) is 25. The fourth-order valence-corrected chi connectivity index (χ4v) is 12.6. The molecule has 37 nitrogen and oxygen atoms in total. The lowest BCUT2D eigenvalue weighted by molar-refractivity contribution is -0.245. The number of hydrogen-bond donors (Lipinski definition) is 15. The van der Waals surface area contributed by atoms with E-state index in [2.05, 4.69) is 91.9 Å². The van der Waals surface area contributed by atoms with Gasteiger partial charge in [0.2, 0.25) is 70.9 Å². The lowest BCUT2D eigenvalue weighted by Crippen LogP contribution is -2.62. The Bertz CT molecular complexity index is 3500. The molecule has 0 aliphatic carbocycles. The maximum atomic E-state index is 15.0. The number of thioether (sulfide) groups is 1. The number of fused-ring (bicyclic) bond motifs is 10. The first kappa shape index (κ1) is 86.5. The Hall–Kier alpha value is -9.18. The minimum Gasteiger partial charge on any atom is -0.370 e. The highest BCUT2D eigenvalue weighted by atomic mass is 32.3. The van der Waals surface area contributed by atoms with Crippen LogP contribution in [-0.4, -0.2) is 198 Å². The van der Waals surface area contributed by atoms with Crippen LogP contribution in [0.5, 0.6) is 0 Å². The van der Waals surface area contributed by atoms with E-state index in [0.717, 1.165) is 6.42 Å². The van der Waals surface area contributed by atoms with Gasteiger partial charge in [-0.05, 0) is 89.4 Å². The number of nitrogens with one attached hydrogen (secondary N) is 12. The van der Waals surface area contributed by atoms with E-state index in [9.17, 15) is 75.5 Å². The maximum absolute atomic E-state index is 15.0. The predicted octanol–water partition coefficient (Wildman–Crippen LogP) is -2.64. The maximum Gasteiger partial charge on any atom is 0.471 e. The predicted molar refractivity (Wildman–Crippen MR) is 377 cm³/mol. The van der Waals surface area contributed by atoms with Crippen LogP contribution in [0.15, 0.2) is 47.8 Å². The molecule has 0 radical (unpaired) electrons. The lowest BCUT2D eigenvalue weighted by atomic mass is 9.96. The minimum absolute atomic E-state index is 0.00793. The Balaban J connectivity index is 1.67. The average molecular weight is 1520 g/mol. The number of aromatic amines is 1. The van der Waals surface area contributed by atoms with Gasteiger partial charge in [-0.15, -0.1) is 11.8 Å². The SMILES string of the molecule is CC[C@H](C)[C@H](N)C1=N[C@H](C(=O)N[C@@H](CC(C)C)C(=O)N[C@@H]2CCC(=O)OOS(=O)(=O)OOC(=O)C[C@H]3NC(=O)[C@H](Cc4cnc[nH]4)NC(=O)[C@@H](Cc4ccccc4)NC(=O)[C@@H]([C@@H](C)CC)NC(=O)[C@@H](CCCN)NC(=O)[C@H](CCCCNC(=O)[C@H](CC(N)=O)NC3=O)NC(=O)[C@H]([C@@H](C)CC)NC2=O)CS1. The summed E-state index contributed by atoms with van der Waals surface area (Å²) in [5.41, 5.74) is 18.6. The number of imidazole rings is 1. The van der Waals surface area contributed by atoms with Crippen molar-refractivity contribution in [3.05, 3.63) is 54.1 Å². The van der Waals surface area contributed by atoms with Crippen LogP contribution in [-0.2, 0) is 109 Å². The van der Waals surface area contributed by atoms with E-state index in [1.165, 1.54) is 24.3 Å². The highest BCUT2D eigenvalue weighted by molar-refractivity contribution is 8.14. The Morgan fingerprint density at radius 3 is 1.87 bits per heavy atom. The third-order valence-electron chi connectivity index (χ3n) is 17.9. The molecule has 3 aliphatic heterocycles. The molecule has 2 aromatic rings. The van der Waals surface area contributed by atoms with Crippen LogP contribution in [0.3, 0.4) is 0 Å². The van der Waals surface area contributed by atoms with Crippen molar-refractivity contribution < 1.29 is 94.0 Å². The number of aromatic nitrogens is 2. The Kier molecular flexibility index (Phi) is 35.2. The zero-order valence-electron chi connectivity index (χ0n) is 60.1. The van der Waals surface area contributed by atoms with Crippen LogP contribution >= 0.6 is 11.8 Å². The van der Waals surface area contributed by atoms with Gasteiger partial charge in [0.25, 0.3) is 0 Å². The number of nitrogens with two attached hydrogens (primary N) is 3. The van der Waals surface area contributed by atoms with Gasteiger partial charge < -0.3 is 80.7 Å². The topological polar surface area (TPSA) is 561 Å². The second-order valence-electron chi connectivity index (χ2n) is 26.6. The van der Waals surface area contributed by atoms with Gasteiger partial charge in [-0.25, -0.2) is 14.6 Å². The third-order valence-corrected chi connectivity index (χ3v) is 19.5. The average Bonchev–Trinajstić information content (AvgIpc) is 1.82. The molecule has 18 N–H and O–H groups in total. The molecule has 0 spiro atoms. The number of rotatable bonds is 22. The van der Waals surface area contributed by atoms with Gasteiger partial charge in [0.15, 0.2) is 0 Å². The van der Waals surface area contributed by atoms with E-state index < -0.39 is 210 Å². The molecule has 3 aliphatic rings. The van der Waals surface area contributed by atoms with Crippen molar-refractivity contribution in [2.24, 2.45) is 45.9 Å². The number of carbonyl (C=O) groups excluding carboxylic acids is 14. The molecule has 0 unspecified atom stereocenters. The molecule has 5 rings (SSSR count). The fraction of sp³-hybridized carbons (Fsp3) is 0.636. The molecule has 1 aromatic carbocycles. The molecule has 0 saturated carbocycles. The van der Waals surface area contributed by atoms with Crippen molar-refractivity contribution in [2.45, 2.75) is 224 Å².